The fourth-order valence-electron chi connectivity index (χ4n) is 8.81. The molecular weight excluding hydrogens is 893 g/mol. The topological polar surface area (TPSA) is 92.3 Å². The molecule has 0 aromatic heterocycles. The molecule has 10 nitrogen and oxygen atoms in total. The van der Waals surface area contributed by atoms with E-state index in [-0.39, 0.29) is 0 Å². The van der Waals surface area contributed by atoms with E-state index in [1.54, 1.807) is 35.5 Å². The maximum absolute atomic E-state index is 6.54. The highest BCUT2D eigenvalue weighted by atomic mass is 16.5. The van der Waals surface area contributed by atoms with Crippen molar-refractivity contribution in [3.63, 3.8) is 0 Å². The van der Waals surface area contributed by atoms with E-state index in [0.717, 1.165) is 145 Å². The summed E-state index contributed by atoms with van der Waals surface area (Å²) >= 11 is 0. The van der Waals surface area contributed by atoms with E-state index < -0.39 is 0 Å². The molecule has 0 fully saturated rings. The largest absolute Gasteiger partial charge is 0.496 e. The molecule has 0 saturated carbocycles. The first-order valence-corrected chi connectivity index (χ1v) is 26.3. The van der Waals surface area contributed by atoms with Crippen molar-refractivity contribution >= 4 is 0 Å². The van der Waals surface area contributed by atoms with Crippen LogP contribution in [0.2, 0.25) is 0 Å². The van der Waals surface area contributed by atoms with Gasteiger partial charge in [-0.05, 0) is 92.8 Å². The van der Waals surface area contributed by atoms with Gasteiger partial charge < -0.3 is 47.4 Å². The van der Waals surface area contributed by atoms with Gasteiger partial charge in [-0.25, -0.2) is 0 Å². The Morgan fingerprint density at radius 2 is 0.394 bits per heavy atom. The van der Waals surface area contributed by atoms with E-state index in [9.17, 15) is 0 Å². The molecule has 10 heteroatoms. The second-order valence-corrected chi connectivity index (χ2v) is 18.2. The molecule has 0 heterocycles. The van der Waals surface area contributed by atoms with Crippen molar-refractivity contribution in [2.75, 3.05) is 68.6 Å². The average Bonchev–Trinajstić information content (AvgIpc) is 3.39. The standard InChI is InChI=1S/C55H70O10.C6H14/c1-11-16-61-51-31-36-22-42-27-48(58-8)38(33-53(42)63-18-13-3)24-44-29-50(60-10)40(35-55(44)65-20-15-5)25-45-30-49(59-9)39(34-54(45)64-19-14-4)23-43-28-47(57-7)37(32-52(43)62-17-12-2)21-41(51)26-46(36)56-6;1-3-5-6-4-2/h26-35H,11-25H2,1-10H3;3-6H2,1-2H3. The van der Waals surface area contributed by atoms with Gasteiger partial charge in [0.1, 0.15) is 57.5 Å². The summed E-state index contributed by atoms with van der Waals surface area (Å²) in [5.74, 6) is 7.68. The van der Waals surface area contributed by atoms with Crippen LogP contribution in [-0.4, -0.2) is 68.6 Å². The lowest BCUT2D eigenvalue weighted by Crippen LogP contribution is -2.07. The molecule has 10 aliphatic carbocycles. The van der Waals surface area contributed by atoms with Crippen molar-refractivity contribution in [2.45, 2.75) is 138 Å². The predicted octanol–water partition coefficient (Wildman–Crippen LogP) is 14.5. The monoisotopic (exact) mass is 977 g/mol. The maximum Gasteiger partial charge on any atom is 0.123 e. The van der Waals surface area contributed by atoms with Crippen LogP contribution in [0.25, 0.3) is 0 Å². The van der Waals surface area contributed by atoms with E-state index >= 15 is 0 Å². The van der Waals surface area contributed by atoms with Crippen LogP contribution in [0.3, 0.4) is 0 Å². The Hall–Kier alpha value is -5.90. The molecule has 10 aliphatic rings. The summed E-state index contributed by atoms with van der Waals surface area (Å²) in [6, 6.07) is 21.1. The fourth-order valence-corrected chi connectivity index (χ4v) is 8.81. The van der Waals surface area contributed by atoms with Gasteiger partial charge >= 0.3 is 0 Å². The van der Waals surface area contributed by atoms with Gasteiger partial charge in [-0.15, -0.1) is 0 Å². The third-order valence-corrected chi connectivity index (χ3v) is 12.5. The van der Waals surface area contributed by atoms with Gasteiger partial charge in [-0.2, -0.15) is 0 Å². The SMILES string of the molecule is CCCCCC.CCCOc1cc2c(OC)cc1Cc1cc(OCCC)c(cc1OC)Cc1cc(OCCC)c(cc1OC)Cc1cc(OCCC)c(cc1OC)Cc1cc(OCCC)c(cc1OC)C2. The lowest BCUT2D eigenvalue weighted by Gasteiger charge is -2.21. The Bertz CT molecular complexity index is 2040. The number of ether oxygens (including phenoxy) is 10. The zero-order chi connectivity index (χ0) is 51.1. The summed E-state index contributed by atoms with van der Waals surface area (Å²) in [6.07, 6.45) is 12.4. The minimum Gasteiger partial charge on any atom is -0.496 e. The molecule has 0 unspecified atom stereocenters. The van der Waals surface area contributed by atoms with Crippen LogP contribution in [0.1, 0.15) is 162 Å². The molecule has 71 heavy (non-hydrogen) atoms. The molecule has 10 bridgehead atoms. The van der Waals surface area contributed by atoms with Crippen molar-refractivity contribution in [3.8, 4) is 57.5 Å². The lowest BCUT2D eigenvalue weighted by molar-refractivity contribution is 0.310. The van der Waals surface area contributed by atoms with E-state index in [1.165, 1.54) is 25.7 Å². The fraction of sp³-hybridized carbons (Fsp3) is 0.508. The molecule has 0 N–H and O–H groups in total. The Labute approximate surface area is 426 Å². The third-order valence-electron chi connectivity index (χ3n) is 12.5. The molecule has 388 valence electrons. The minimum absolute atomic E-state index is 0.523. The lowest BCUT2D eigenvalue weighted by atomic mass is 9.94. The van der Waals surface area contributed by atoms with Gasteiger partial charge in [0.05, 0.1) is 68.6 Å². The molecule has 0 spiro atoms. The summed E-state index contributed by atoms with van der Waals surface area (Å²) in [4.78, 5) is 0. The minimum atomic E-state index is 0.523. The van der Waals surface area contributed by atoms with Gasteiger partial charge in [0.25, 0.3) is 0 Å². The van der Waals surface area contributed by atoms with Gasteiger partial charge in [-0.3, -0.25) is 0 Å². The van der Waals surface area contributed by atoms with Gasteiger partial charge in [-0.1, -0.05) is 74.1 Å². The summed E-state index contributed by atoms with van der Waals surface area (Å²) in [5.41, 5.74) is 9.73. The molecule has 0 aliphatic heterocycles. The molecule has 0 radical (unpaired) electrons. The number of hydrogen-bond acceptors (Lipinski definition) is 10. The molecule has 5 aromatic rings. The zero-order valence-electron chi connectivity index (χ0n) is 45.3. The van der Waals surface area contributed by atoms with E-state index in [1.807, 2.05) is 0 Å². The Balaban J connectivity index is 0.00000147. The first kappa shape index (κ1) is 56.0. The third kappa shape index (κ3) is 15.3. The van der Waals surface area contributed by atoms with Crippen LogP contribution in [0.15, 0.2) is 60.7 Å². The van der Waals surface area contributed by atoms with Crippen LogP contribution in [0, 0.1) is 0 Å². The van der Waals surface area contributed by atoms with Crippen LogP contribution in [0.5, 0.6) is 57.5 Å². The summed E-state index contributed by atoms with van der Waals surface area (Å²) in [6.45, 7) is 17.9. The Morgan fingerprint density at radius 3 is 0.535 bits per heavy atom. The highest BCUT2D eigenvalue weighted by Crippen LogP contribution is 2.43. The van der Waals surface area contributed by atoms with E-state index in [0.29, 0.717) is 65.1 Å². The molecular formula is C61H84O10. The maximum atomic E-state index is 6.54. The second kappa shape index (κ2) is 29.4. The molecule has 0 amide bonds. The van der Waals surface area contributed by atoms with Crippen molar-refractivity contribution in [3.05, 3.63) is 116 Å². The second-order valence-electron chi connectivity index (χ2n) is 18.2. The number of unbranched alkanes of at least 4 members (excludes halogenated alkanes) is 3. The van der Waals surface area contributed by atoms with Crippen LogP contribution < -0.4 is 47.4 Å². The van der Waals surface area contributed by atoms with Crippen molar-refractivity contribution < 1.29 is 47.4 Å². The normalized spacial score (nSPS) is 11.9. The quantitative estimate of drug-likeness (QED) is 0.0578. The number of hydrogen-bond donors (Lipinski definition) is 0. The number of methoxy groups -OCH3 is 5. The van der Waals surface area contributed by atoms with E-state index in [4.69, 9.17) is 47.4 Å². The highest BCUT2D eigenvalue weighted by Gasteiger charge is 2.24. The number of benzene rings is 5. The molecule has 0 saturated heterocycles. The summed E-state index contributed by atoms with van der Waals surface area (Å²) in [7, 11) is 8.58. The Morgan fingerprint density at radius 1 is 0.239 bits per heavy atom. The van der Waals surface area contributed by atoms with Crippen LogP contribution in [0.4, 0.5) is 0 Å². The van der Waals surface area contributed by atoms with Crippen LogP contribution in [-0.2, 0) is 32.1 Å². The summed E-state index contributed by atoms with van der Waals surface area (Å²) in [5, 5.41) is 0. The van der Waals surface area contributed by atoms with Gasteiger partial charge in [0.2, 0.25) is 0 Å². The average molecular weight is 977 g/mol. The first-order chi connectivity index (χ1) is 34.6. The Kier molecular flexibility index (Phi) is 23.2. The smallest absolute Gasteiger partial charge is 0.123 e. The summed E-state index contributed by atoms with van der Waals surface area (Å²) < 4.78 is 63.5. The van der Waals surface area contributed by atoms with Crippen molar-refractivity contribution in [2.24, 2.45) is 0 Å². The van der Waals surface area contributed by atoms with Gasteiger partial charge in [0.15, 0.2) is 0 Å². The molecule has 0 atom stereocenters. The molecule has 5 aromatic carbocycles. The first-order valence-electron chi connectivity index (χ1n) is 26.3. The molecule has 15 rings (SSSR count). The highest BCUT2D eigenvalue weighted by molar-refractivity contribution is 5.59. The van der Waals surface area contributed by atoms with E-state index in [2.05, 4.69) is 109 Å². The van der Waals surface area contributed by atoms with Crippen LogP contribution >= 0.6 is 0 Å². The van der Waals surface area contributed by atoms with Gasteiger partial charge in [0, 0.05) is 87.7 Å². The van der Waals surface area contributed by atoms with Crippen molar-refractivity contribution in [1.82, 2.24) is 0 Å². The zero-order valence-corrected chi connectivity index (χ0v) is 45.3. The van der Waals surface area contributed by atoms with Crippen molar-refractivity contribution in [1.29, 1.82) is 0 Å². The predicted molar refractivity (Wildman–Crippen MR) is 288 cm³/mol. The number of rotatable bonds is 23.